The molecule has 6 aromatic rings. The van der Waals surface area contributed by atoms with Crippen LogP contribution >= 0.6 is 11.6 Å². The standard InChI is InChI=1S/C43H41ClN4O7/c44-36-13-5-4-10-32(36)26-48(23-7-22-45-25-38(50)34-18-20-37(49)41-35(34)19-21-39(51)46-41)42(52)30-16-14-28(15-17-30)27-55-33-12-6-11-31(24-33)40(47-43(53)54)29-8-2-1-3-9-29/h1-6,8-21,24,38,40,45,47,49-50H,7,22-23,25-27H2,(H,46,51)(H,53,54)/t38-,40?/m1/s1. The number of aliphatic hydroxyl groups excluding tert-OH is 1. The average Bonchev–Trinajstić information content (AvgIpc) is 3.20. The number of ether oxygens (including phenoxy) is 1. The molecule has 1 aromatic heterocycles. The van der Waals surface area contributed by atoms with E-state index in [-0.39, 0.29) is 35.9 Å². The number of rotatable bonds is 16. The highest BCUT2D eigenvalue weighted by Crippen LogP contribution is 2.29. The van der Waals surface area contributed by atoms with Crippen LogP contribution in [0, 0.1) is 0 Å². The molecule has 0 aliphatic rings. The second-order valence-electron chi connectivity index (χ2n) is 13.0. The van der Waals surface area contributed by atoms with E-state index in [0.29, 0.717) is 53.3 Å². The Kier molecular flexibility index (Phi) is 12.8. The predicted molar refractivity (Wildman–Crippen MR) is 212 cm³/mol. The highest BCUT2D eigenvalue weighted by Gasteiger charge is 2.19. The van der Waals surface area contributed by atoms with Gasteiger partial charge in [0.1, 0.15) is 18.1 Å². The van der Waals surface area contributed by atoms with Gasteiger partial charge in [-0.05, 0) is 83.2 Å². The first-order valence-corrected chi connectivity index (χ1v) is 18.2. The number of phenolic OH excluding ortho intramolecular Hbond substituents is 1. The van der Waals surface area contributed by atoms with Gasteiger partial charge in [0.15, 0.2) is 0 Å². The number of benzene rings is 5. The fourth-order valence-corrected chi connectivity index (χ4v) is 6.58. The van der Waals surface area contributed by atoms with Crippen LogP contribution < -0.4 is 20.9 Å². The molecule has 1 heterocycles. The third-order valence-corrected chi connectivity index (χ3v) is 9.56. The molecule has 55 heavy (non-hydrogen) atoms. The number of fused-ring (bicyclic) bond motifs is 1. The van der Waals surface area contributed by atoms with E-state index in [1.807, 2.05) is 84.9 Å². The lowest BCUT2D eigenvalue weighted by Gasteiger charge is -2.24. The zero-order valence-corrected chi connectivity index (χ0v) is 30.6. The van der Waals surface area contributed by atoms with E-state index in [0.717, 1.165) is 22.3 Å². The van der Waals surface area contributed by atoms with Gasteiger partial charge in [-0.25, -0.2) is 4.79 Å². The van der Waals surface area contributed by atoms with Gasteiger partial charge in [0, 0.05) is 41.7 Å². The Hall–Kier alpha value is -6.14. The van der Waals surface area contributed by atoms with Crippen LogP contribution in [-0.4, -0.2) is 56.8 Å². The first kappa shape index (κ1) is 38.6. The minimum Gasteiger partial charge on any atom is -0.506 e. The monoisotopic (exact) mass is 760 g/mol. The Bertz CT molecular complexity index is 2300. The van der Waals surface area contributed by atoms with Crippen molar-refractivity contribution in [3.05, 3.63) is 176 Å². The van der Waals surface area contributed by atoms with Crippen molar-refractivity contribution in [2.45, 2.75) is 31.7 Å². The third kappa shape index (κ3) is 10.1. The van der Waals surface area contributed by atoms with Gasteiger partial charge in [-0.15, -0.1) is 0 Å². The number of aliphatic hydroxyl groups is 1. The van der Waals surface area contributed by atoms with Crippen LogP contribution in [0.3, 0.4) is 0 Å². The summed E-state index contributed by atoms with van der Waals surface area (Å²) in [7, 11) is 0. The molecule has 6 rings (SSSR count). The molecule has 12 heteroatoms. The molecule has 0 aliphatic carbocycles. The number of hydrogen-bond acceptors (Lipinski definition) is 7. The number of nitrogens with one attached hydrogen (secondary N) is 3. The Morgan fingerprint density at radius 2 is 1.60 bits per heavy atom. The molecule has 6 N–H and O–H groups in total. The number of H-pyrrole nitrogens is 1. The number of pyridine rings is 1. The number of aromatic nitrogens is 1. The number of amides is 2. The topological polar surface area (TPSA) is 164 Å². The number of aromatic hydroxyl groups is 1. The number of aromatic amines is 1. The van der Waals surface area contributed by atoms with Crippen LogP contribution in [0.4, 0.5) is 4.79 Å². The molecular formula is C43H41ClN4O7. The van der Waals surface area contributed by atoms with Crippen LogP contribution in [0.1, 0.15) is 56.7 Å². The minimum atomic E-state index is -1.13. The lowest BCUT2D eigenvalue weighted by Crippen LogP contribution is -2.33. The molecule has 5 aromatic carbocycles. The minimum absolute atomic E-state index is 0.0738. The predicted octanol–water partition coefficient (Wildman–Crippen LogP) is 7.18. The number of carboxylic acid groups (broad SMARTS) is 1. The SMILES string of the molecule is O=C(O)NC(c1ccccc1)c1cccc(OCc2ccc(C(=O)N(CCCNC[C@@H](O)c3ccc(O)c4[nH]c(=O)ccc34)Cc3ccccc3Cl)cc2)c1. The van der Waals surface area contributed by atoms with Gasteiger partial charge >= 0.3 is 6.09 Å². The zero-order chi connectivity index (χ0) is 38.7. The highest BCUT2D eigenvalue weighted by atomic mass is 35.5. The molecule has 282 valence electrons. The number of carbonyl (C=O) groups excluding carboxylic acids is 1. The molecular weight excluding hydrogens is 720 g/mol. The summed E-state index contributed by atoms with van der Waals surface area (Å²) in [5.74, 6) is 0.336. The Balaban J connectivity index is 1.07. The van der Waals surface area contributed by atoms with E-state index < -0.39 is 18.2 Å². The molecule has 2 amide bonds. The van der Waals surface area contributed by atoms with Crippen molar-refractivity contribution >= 4 is 34.5 Å². The summed E-state index contributed by atoms with van der Waals surface area (Å²) >= 11 is 6.49. The van der Waals surface area contributed by atoms with Crippen molar-refractivity contribution in [3.63, 3.8) is 0 Å². The van der Waals surface area contributed by atoms with Crippen molar-refractivity contribution < 1.29 is 29.6 Å². The van der Waals surface area contributed by atoms with E-state index >= 15 is 0 Å². The van der Waals surface area contributed by atoms with Crippen molar-refractivity contribution in [2.24, 2.45) is 0 Å². The molecule has 11 nitrogen and oxygen atoms in total. The fourth-order valence-electron chi connectivity index (χ4n) is 6.38. The Morgan fingerprint density at radius 1 is 0.855 bits per heavy atom. The van der Waals surface area contributed by atoms with Crippen molar-refractivity contribution in [3.8, 4) is 11.5 Å². The number of hydrogen-bond donors (Lipinski definition) is 6. The summed E-state index contributed by atoms with van der Waals surface area (Å²) in [4.78, 5) is 41.6. The number of carbonyl (C=O) groups is 2. The van der Waals surface area contributed by atoms with Gasteiger partial charge in [-0.3, -0.25) is 9.59 Å². The number of phenols is 1. The average molecular weight is 761 g/mol. The quantitative estimate of drug-likeness (QED) is 0.0565. The smallest absolute Gasteiger partial charge is 0.405 e. The van der Waals surface area contributed by atoms with Crippen molar-refractivity contribution in [1.29, 1.82) is 0 Å². The van der Waals surface area contributed by atoms with Crippen LogP contribution in [0.15, 0.2) is 132 Å². The maximum atomic E-state index is 13.9. The molecule has 2 atom stereocenters. The maximum Gasteiger partial charge on any atom is 0.405 e. The molecule has 0 saturated carbocycles. The van der Waals surface area contributed by atoms with Gasteiger partial charge in [0.25, 0.3) is 5.91 Å². The third-order valence-electron chi connectivity index (χ3n) is 9.19. The van der Waals surface area contributed by atoms with Crippen LogP contribution in [0.2, 0.25) is 5.02 Å². The second kappa shape index (κ2) is 18.3. The second-order valence-corrected chi connectivity index (χ2v) is 13.4. The summed E-state index contributed by atoms with van der Waals surface area (Å²) in [6, 6.07) is 36.7. The van der Waals surface area contributed by atoms with E-state index in [4.69, 9.17) is 16.3 Å². The van der Waals surface area contributed by atoms with Crippen molar-refractivity contribution in [2.75, 3.05) is 19.6 Å². The summed E-state index contributed by atoms with van der Waals surface area (Å²) in [6.45, 7) is 1.68. The zero-order valence-electron chi connectivity index (χ0n) is 29.8. The Morgan fingerprint density at radius 3 is 2.36 bits per heavy atom. The van der Waals surface area contributed by atoms with E-state index in [1.165, 1.54) is 12.1 Å². The summed E-state index contributed by atoms with van der Waals surface area (Å²) in [5, 5.41) is 37.5. The highest BCUT2D eigenvalue weighted by molar-refractivity contribution is 6.31. The van der Waals surface area contributed by atoms with Gasteiger partial charge < -0.3 is 40.6 Å². The first-order chi connectivity index (χ1) is 26.7. The molecule has 0 spiro atoms. The fraction of sp³-hybridized carbons (Fsp3) is 0.186. The number of halogens is 1. The number of nitrogens with zero attached hydrogens (tertiary/aromatic N) is 1. The van der Waals surface area contributed by atoms with Gasteiger partial charge in [0.05, 0.1) is 17.7 Å². The van der Waals surface area contributed by atoms with Gasteiger partial charge in [-0.2, -0.15) is 0 Å². The van der Waals surface area contributed by atoms with Crippen LogP contribution in [0.5, 0.6) is 11.5 Å². The van der Waals surface area contributed by atoms with Crippen LogP contribution in [-0.2, 0) is 13.2 Å². The van der Waals surface area contributed by atoms with E-state index in [1.54, 1.807) is 35.2 Å². The molecule has 0 radical (unpaired) electrons. The maximum absolute atomic E-state index is 13.9. The first-order valence-electron chi connectivity index (χ1n) is 17.8. The lowest BCUT2D eigenvalue weighted by molar-refractivity contribution is 0.0740. The summed E-state index contributed by atoms with van der Waals surface area (Å²) in [5.41, 5.74) is 4.20. The lowest BCUT2D eigenvalue weighted by atomic mass is 9.98. The summed E-state index contributed by atoms with van der Waals surface area (Å²) in [6.07, 6.45) is -1.44. The summed E-state index contributed by atoms with van der Waals surface area (Å²) < 4.78 is 6.08. The van der Waals surface area contributed by atoms with E-state index in [9.17, 15) is 29.7 Å². The molecule has 0 fully saturated rings. The van der Waals surface area contributed by atoms with Crippen LogP contribution in [0.25, 0.3) is 10.9 Å². The van der Waals surface area contributed by atoms with Gasteiger partial charge in [0.2, 0.25) is 5.56 Å². The van der Waals surface area contributed by atoms with Crippen molar-refractivity contribution in [1.82, 2.24) is 20.5 Å². The largest absolute Gasteiger partial charge is 0.506 e. The molecule has 0 saturated heterocycles. The normalized spacial score (nSPS) is 12.2. The molecule has 0 bridgehead atoms. The molecule has 1 unspecified atom stereocenters. The van der Waals surface area contributed by atoms with Gasteiger partial charge in [-0.1, -0.05) is 90.5 Å². The van der Waals surface area contributed by atoms with E-state index in [2.05, 4.69) is 15.6 Å². The molecule has 0 aliphatic heterocycles. The Labute approximate surface area is 322 Å².